The second-order valence-electron chi connectivity index (χ2n) is 4.78. The first-order valence-electron chi connectivity index (χ1n) is 6.07. The van der Waals surface area contributed by atoms with Crippen molar-refractivity contribution in [2.24, 2.45) is 0 Å². The minimum atomic E-state index is -0.864. The topological polar surface area (TPSA) is 50.2 Å². The number of thiazole rings is 1. The van der Waals surface area contributed by atoms with E-state index in [1.165, 1.54) is 11.3 Å². The molecule has 0 radical (unpaired) electrons. The zero-order valence-corrected chi connectivity index (χ0v) is 12.7. The molecule has 19 heavy (non-hydrogen) atoms. The van der Waals surface area contributed by atoms with Gasteiger partial charge in [0.25, 0.3) is 0 Å². The third kappa shape index (κ3) is 2.44. The average Bonchev–Trinajstić information content (AvgIpc) is 3.11. The molecule has 2 aromatic rings. The van der Waals surface area contributed by atoms with Crippen molar-refractivity contribution in [2.75, 3.05) is 0 Å². The molecule has 1 fully saturated rings. The van der Waals surface area contributed by atoms with E-state index in [1.807, 2.05) is 25.1 Å². The summed E-state index contributed by atoms with van der Waals surface area (Å²) in [7, 11) is 0. The second kappa shape index (κ2) is 4.72. The predicted octanol–water partition coefficient (Wildman–Crippen LogP) is 4.46. The number of benzene rings is 1. The second-order valence-corrected chi connectivity index (χ2v) is 6.63. The summed E-state index contributed by atoms with van der Waals surface area (Å²) in [6, 6.07) is 6.00. The summed E-state index contributed by atoms with van der Waals surface area (Å²) in [4.78, 5) is 16.2. The highest BCUT2D eigenvalue weighted by molar-refractivity contribution is 9.10. The lowest BCUT2D eigenvalue weighted by Gasteiger charge is -2.00. The molecule has 1 aromatic heterocycles. The maximum Gasteiger partial charge on any atom is 0.347 e. The molecule has 0 saturated heterocycles. The molecule has 0 bridgehead atoms. The maximum atomic E-state index is 11.3. The van der Waals surface area contributed by atoms with Crippen LogP contribution in [0.1, 0.15) is 39.7 Å². The van der Waals surface area contributed by atoms with Crippen molar-refractivity contribution in [1.82, 2.24) is 4.98 Å². The Morgan fingerprint density at radius 2 is 2.21 bits per heavy atom. The molecule has 1 N–H and O–H groups in total. The number of hydrogen-bond donors (Lipinski definition) is 1. The van der Waals surface area contributed by atoms with Gasteiger partial charge in [0.15, 0.2) is 0 Å². The van der Waals surface area contributed by atoms with E-state index in [0.717, 1.165) is 39.1 Å². The Balaban J connectivity index is 2.07. The molecule has 1 aliphatic carbocycles. The highest BCUT2D eigenvalue weighted by Gasteiger charge is 2.32. The smallest absolute Gasteiger partial charge is 0.347 e. The van der Waals surface area contributed by atoms with Crippen molar-refractivity contribution in [1.29, 1.82) is 0 Å². The van der Waals surface area contributed by atoms with Crippen molar-refractivity contribution >= 4 is 33.2 Å². The fourth-order valence-electron chi connectivity index (χ4n) is 1.97. The van der Waals surface area contributed by atoms with E-state index in [-0.39, 0.29) is 0 Å². The Kier molecular flexibility index (Phi) is 3.19. The largest absolute Gasteiger partial charge is 0.477 e. The van der Waals surface area contributed by atoms with Gasteiger partial charge in [0.2, 0.25) is 0 Å². The van der Waals surface area contributed by atoms with Crippen LogP contribution in [0.4, 0.5) is 0 Å². The van der Waals surface area contributed by atoms with Crippen molar-refractivity contribution in [2.45, 2.75) is 25.7 Å². The molecule has 1 saturated carbocycles. The summed E-state index contributed by atoms with van der Waals surface area (Å²) < 4.78 is 1.02. The van der Waals surface area contributed by atoms with E-state index in [1.54, 1.807) is 0 Å². The zero-order chi connectivity index (χ0) is 13.6. The van der Waals surface area contributed by atoms with Gasteiger partial charge in [-0.3, -0.25) is 0 Å². The predicted molar refractivity (Wildman–Crippen MR) is 78.9 cm³/mol. The molecule has 5 heteroatoms. The maximum absolute atomic E-state index is 11.3. The molecule has 3 rings (SSSR count). The third-order valence-electron chi connectivity index (χ3n) is 3.23. The van der Waals surface area contributed by atoms with E-state index in [2.05, 4.69) is 20.9 Å². The average molecular weight is 338 g/mol. The number of carboxylic acid groups (broad SMARTS) is 1. The van der Waals surface area contributed by atoms with E-state index in [0.29, 0.717) is 10.8 Å². The number of rotatable bonds is 3. The number of nitrogens with zero attached hydrogens (tertiary/aromatic N) is 1. The van der Waals surface area contributed by atoms with Gasteiger partial charge in [-0.25, -0.2) is 9.78 Å². The van der Waals surface area contributed by atoms with Gasteiger partial charge in [0.05, 0.1) is 5.69 Å². The van der Waals surface area contributed by atoms with E-state index in [4.69, 9.17) is 0 Å². The normalized spacial score (nSPS) is 14.6. The van der Waals surface area contributed by atoms with Crippen LogP contribution in [-0.4, -0.2) is 16.1 Å². The van der Waals surface area contributed by atoms with Gasteiger partial charge in [-0.1, -0.05) is 28.1 Å². The zero-order valence-electron chi connectivity index (χ0n) is 10.3. The fraction of sp³-hybridized carbons (Fsp3) is 0.286. The molecule has 0 unspecified atom stereocenters. The number of carbonyl (C=O) groups is 1. The summed E-state index contributed by atoms with van der Waals surface area (Å²) in [5, 5.41) is 10.1. The molecule has 1 aromatic carbocycles. The van der Waals surface area contributed by atoms with Gasteiger partial charge in [-0.15, -0.1) is 11.3 Å². The molecule has 3 nitrogen and oxygen atoms in total. The van der Waals surface area contributed by atoms with Crippen molar-refractivity contribution in [3.05, 3.63) is 38.8 Å². The van der Waals surface area contributed by atoms with Crippen molar-refractivity contribution in [3.8, 4) is 10.6 Å². The summed E-state index contributed by atoms with van der Waals surface area (Å²) in [5.41, 5.74) is 2.89. The van der Waals surface area contributed by atoms with Gasteiger partial charge < -0.3 is 5.11 Å². The molecular formula is C14H12BrNO2S. The Labute approximate surface area is 123 Å². The lowest BCUT2D eigenvalue weighted by atomic mass is 10.1. The number of aryl methyl sites for hydroxylation is 1. The Bertz CT molecular complexity index is 661. The third-order valence-corrected chi connectivity index (χ3v) is 5.19. The molecule has 0 aliphatic heterocycles. The Hall–Kier alpha value is -1.20. The van der Waals surface area contributed by atoms with Gasteiger partial charge in [-0.2, -0.15) is 0 Å². The summed E-state index contributed by atoms with van der Waals surface area (Å²) in [6.45, 7) is 2.02. The molecule has 98 valence electrons. The van der Waals surface area contributed by atoms with Gasteiger partial charge >= 0.3 is 5.97 Å². The summed E-state index contributed by atoms with van der Waals surface area (Å²) >= 11 is 4.77. The van der Waals surface area contributed by atoms with Crippen molar-refractivity contribution in [3.63, 3.8) is 0 Å². The van der Waals surface area contributed by atoms with Gasteiger partial charge in [-0.05, 0) is 31.4 Å². The van der Waals surface area contributed by atoms with Crippen LogP contribution in [0, 0.1) is 6.92 Å². The molecular weight excluding hydrogens is 326 g/mol. The van der Waals surface area contributed by atoms with Crippen LogP contribution in [0.2, 0.25) is 0 Å². The van der Waals surface area contributed by atoms with E-state index >= 15 is 0 Å². The highest BCUT2D eigenvalue weighted by Crippen LogP contribution is 2.44. The first-order chi connectivity index (χ1) is 9.06. The summed E-state index contributed by atoms with van der Waals surface area (Å²) in [5.74, 6) is -0.512. The first kappa shape index (κ1) is 12.8. The first-order valence-corrected chi connectivity index (χ1v) is 7.67. The number of aromatic nitrogens is 1. The van der Waals surface area contributed by atoms with Crippen LogP contribution < -0.4 is 0 Å². The minimum Gasteiger partial charge on any atom is -0.477 e. The molecule has 0 atom stereocenters. The Morgan fingerprint density at radius 1 is 1.47 bits per heavy atom. The monoisotopic (exact) mass is 337 g/mol. The lowest BCUT2D eigenvalue weighted by molar-refractivity contribution is 0.0700. The van der Waals surface area contributed by atoms with Gasteiger partial charge in [0.1, 0.15) is 9.88 Å². The summed E-state index contributed by atoms with van der Waals surface area (Å²) in [6.07, 6.45) is 2.11. The molecule has 0 spiro atoms. The van der Waals surface area contributed by atoms with Crippen LogP contribution in [0.5, 0.6) is 0 Å². The molecule has 0 amide bonds. The number of carboxylic acids is 1. The Morgan fingerprint density at radius 3 is 2.79 bits per heavy atom. The van der Waals surface area contributed by atoms with E-state index < -0.39 is 5.97 Å². The number of halogens is 1. The van der Waals surface area contributed by atoms with Crippen LogP contribution >= 0.6 is 27.3 Å². The highest BCUT2D eigenvalue weighted by atomic mass is 79.9. The fourth-order valence-corrected chi connectivity index (χ4v) is 3.33. The number of aromatic carboxylic acids is 1. The van der Waals surface area contributed by atoms with Gasteiger partial charge in [0, 0.05) is 16.0 Å². The molecule has 1 aliphatic rings. The minimum absolute atomic E-state index is 0.352. The SMILES string of the molecule is Cc1ccc(-c2nc(C3CC3)c(C(=O)O)s2)cc1Br. The van der Waals surface area contributed by atoms with E-state index in [9.17, 15) is 9.90 Å². The number of hydrogen-bond acceptors (Lipinski definition) is 3. The lowest BCUT2D eigenvalue weighted by Crippen LogP contribution is -1.97. The van der Waals surface area contributed by atoms with Crippen LogP contribution in [0.3, 0.4) is 0 Å². The standard InChI is InChI=1S/C14H12BrNO2S/c1-7-2-3-9(6-10(7)15)13-16-11(8-4-5-8)12(19-13)14(17)18/h2-3,6,8H,4-5H2,1H3,(H,17,18). The van der Waals surface area contributed by atoms with Crippen LogP contribution in [-0.2, 0) is 0 Å². The quantitative estimate of drug-likeness (QED) is 0.899. The van der Waals surface area contributed by atoms with Crippen molar-refractivity contribution < 1.29 is 9.90 Å². The van der Waals surface area contributed by atoms with Crippen LogP contribution in [0.15, 0.2) is 22.7 Å². The van der Waals surface area contributed by atoms with Crippen LogP contribution in [0.25, 0.3) is 10.6 Å². The molecule has 1 heterocycles.